The Kier molecular flexibility index (Phi) is 9.48. The number of morpholine rings is 1. The maximum atomic E-state index is 14.0. The predicted molar refractivity (Wildman–Crippen MR) is 168 cm³/mol. The Morgan fingerprint density at radius 2 is 1.80 bits per heavy atom. The van der Waals surface area contributed by atoms with E-state index in [0.29, 0.717) is 57.5 Å². The number of rotatable bonds is 10. The van der Waals surface area contributed by atoms with Crippen molar-refractivity contribution in [1.29, 1.82) is 0 Å². The van der Waals surface area contributed by atoms with Gasteiger partial charge in [0.2, 0.25) is 11.8 Å². The summed E-state index contributed by atoms with van der Waals surface area (Å²) in [5, 5.41) is 16.0. The predicted octanol–water partition coefficient (Wildman–Crippen LogP) is 2.16. The van der Waals surface area contributed by atoms with Crippen LogP contribution in [0.15, 0.2) is 30.3 Å². The second-order valence-corrected chi connectivity index (χ2v) is 14.4. The number of carbonyl (C=O) groups is 3. The molecule has 7 rings (SSSR count). The third-order valence-electron chi connectivity index (χ3n) is 11.3. The fraction of sp³-hybridized carbons (Fsp3) is 0.727. The summed E-state index contributed by atoms with van der Waals surface area (Å²) in [4.78, 5) is 43.7. The van der Waals surface area contributed by atoms with Gasteiger partial charge in [0.1, 0.15) is 6.04 Å². The lowest BCUT2D eigenvalue weighted by molar-refractivity contribution is -0.199. The number of amides is 4. The minimum atomic E-state index is -1.09. The van der Waals surface area contributed by atoms with Gasteiger partial charge in [0.15, 0.2) is 0 Å². The second kappa shape index (κ2) is 13.2. The number of aryl methyl sites for hydroxylation is 1. The van der Waals surface area contributed by atoms with E-state index in [2.05, 4.69) is 43.5 Å². The van der Waals surface area contributed by atoms with Crippen LogP contribution in [0.25, 0.3) is 0 Å². The monoisotopic (exact) mass is 624 g/mol. The van der Waals surface area contributed by atoms with Crippen molar-refractivity contribution in [2.75, 3.05) is 39.4 Å². The molecule has 4 amide bonds. The number of ether oxygens (including phenoxy) is 1. The van der Waals surface area contributed by atoms with Crippen LogP contribution in [0.4, 0.5) is 4.79 Å². The molecule has 3 aliphatic heterocycles. The molecule has 3 saturated carbocycles. The van der Waals surface area contributed by atoms with E-state index < -0.39 is 42.7 Å². The molecule has 12 heteroatoms. The van der Waals surface area contributed by atoms with Crippen LogP contribution in [0.1, 0.15) is 64.9 Å². The Morgan fingerprint density at radius 1 is 1.04 bits per heavy atom. The number of aliphatic hydroxyl groups is 1. The number of nitrogens with zero attached hydrogens (tertiary/aromatic N) is 2. The highest BCUT2D eigenvalue weighted by molar-refractivity contribution is 6.48. The van der Waals surface area contributed by atoms with Gasteiger partial charge in [-0.05, 0) is 68.3 Å². The number of hydrogen-bond acceptors (Lipinski definition) is 7. The average Bonchev–Trinajstić information content (AvgIpc) is 3.63. The molecule has 246 valence electrons. The van der Waals surface area contributed by atoms with Gasteiger partial charge in [-0.25, -0.2) is 4.79 Å². The lowest BCUT2D eigenvalue weighted by Crippen LogP contribution is -2.65. The van der Waals surface area contributed by atoms with Gasteiger partial charge in [-0.1, -0.05) is 44.2 Å². The minimum Gasteiger partial charge on any atom is -0.404 e. The Hall–Kier alpha value is -2.67. The number of aliphatic hydroxyl groups excluding tert-OH is 1. The molecule has 2 bridgehead atoms. The molecule has 3 saturated heterocycles. The molecule has 2 unspecified atom stereocenters. The van der Waals surface area contributed by atoms with E-state index >= 15 is 0 Å². The zero-order valence-electron chi connectivity index (χ0n) is 26.9. The summed E-state index contributed by atoms with van der Waals surface area (Å²) in [6, 6.07) is 8.68. The third kappa shape index (κ3) is 6.75. The molecule has 3 N–H and O–H groups in total. The van der Waals surface area contributed by atoms with Crippen LogP contribution in [0.5, 0.6) is 0 Å². The Bertz CT molecular complexity index is 1210. The van der Waals surface area contributed by atoms with Crippen LogP contribution >= 0.6 is 0 Å². The molecular formula is C33H49BN4O7. The van der Waals surface area contributed by atoms with Crippen LogP contribution in [-0.2, 0) is 30.1 Å². The van der Waals surface area contributed by atoms with E-state index in [4.69, 9.17) is 14.0 Å². The second-order valence-electron chi connectivity index (χ2n) is 14.4. The molecule has 0 spiro atoms. The van der Waals surface area contributed by atoms with Crippen molar-refractivity contribution >= 4 is 25.0 Å². The van der Waals surface area contributed by atoms with Crippen LogP contribution in [0, 0.1) is 17.3 Å². The van der Waals surface area contributed by atoms with E-state index in [9.17, 15) is 19.5 Å². The SMILES string of the molecule is CC1(C)[C@@H]2C[C@H]3OB(C(CCCc4ccccc4)NC(=O)C(CC(=O)N4CCOCC4)NC(=O)N4CC[C@@H](O)C4)O[C@@]3(C)[C@H]1C2. The normalized spacial score (nSPS) is 31.5. The van der Waals surface area contributed by atoms with Gasteiger partial charge in [0.25, 0.3) is 0 Å². The van der Waals surface area contributed by atoms with Gasteiger partial charge >= 0.3 is 13.1 Å². The van der Waals surface area contributed by atoms with Crippen molar-refractivity contribution in [3.8, 4) is 0 Å². The summed E-state index contributed by atoms with van der Waals surface area (Å²) in [6.07, 6.45) is 4.00. The number of benzene rings is 1. The van der Waals surface area contributed by atoms with Crippen molar-refractivity contribution in [1.82, 2.24) is 20.4 Å². The van der Waals surface area contributed by atoms with E-state index in [1.54, 1.807) is 4.90 Å². The van der Waals surface area contributed by atoms with Crippen LogP contribution in [0.2, 0.25) is 0 Å². The van der Waals surface area contributed by atoms with E-state index in [-0.39, 0.29) is 30.4 Å². The molecule has 3 aliphatic carbocycles. The number of likely N-dealkylation sites (tertiary alicyclic amines) is 1. The first kappa shape index (κ1) is 32.3. The highest BCUT2D eigenvalue weighted by Gasteiger charge is 2.68. The first-order chi connectivity index (χ1) is 21.5. The maximum Gasteiger partial charge on any atom is 0.481 e. The van der Waals surface area contributed by atoms with Crippen LogP contribution in [0.3, 0.4) is 0 Å². The quantitative estimate of drug-likeness (QED) is 0.341. The average molecular weight is 625 g/mol. The molecule has 0 radical (unpaired) electrons. The molecule has 3 heterocycles. The first-order valence-corrected chi connectivity index (χ1v) is 16.8. The lowest BCUT2D eigenvalue weighted by Gasteiger charge is -2.64. The highest BCUT2D eigenvalue weighted by atomic mass is 16.7. The Morgan fingerprint density at radius 3 is 2.49 bits per heavy atom. The molecule has 1 aromatic rings. The van der Waals surface area contributed by atoms with Crippen LogP contribution in [-0.4, -0.2) is 109 Å². The minimum absolute atomic E-state index is 0.0345. The third-order valence-corrected chi connectivity index (χ3v) is 11.3. The van der Waals surface area contributed by atoms with E-state index in [0.717, 1.165) is 25.7 Å². The van der Waals surface area contributed by atoms with Gasteiger partial charge in [0.05, 0.1) is 43.4 Å². The van der Waals surface area contributed by atoms with Gasteiger partial charge in [0, 0.05) is 26.2 Å². The van der Waals surface area contributed by atoms with Gasteiger partial charge in [-0.2, -0.15) is 0 Å². The Labute approximate surface area is 266 Å². The summed E-state index contributed by atoms with van der Waals surface area (Å²) in [5.74, 6) is -0.131. The van der Waals surface area contributed by atoms with Gasteiger partial charge in [-0.3, -0.25) is 9.59 Å². The molecule has 6 fully saturated rings. The topological polar surface area (TPSA) is 130 Å². The van der Waals surface area contributed by atoms with E-state index in [1.807, 2.05) is 18.2 Å². The molecular weight excluding hydrogens is 575 g/mol. The van der Waals surface area contributed by atoms with Gasteiger partial charge < -0.3 is 39.6 Å². The number of carbonyl (C=O) groups excluding carboxylic acids is 3. The summed E-state index contributed by atoms with van der Waals surface area (Å²) < 4.78 is 18.8. The van der Waals surface area contributed by atoms with E-state index in [1.165, 1.54) is 10.5 Å². The van der Waals surface area contributed by atoms with Crippen molar-refractivity contribution in [3.63, 3.8) is 0 Å². The van der Waals surface area contributed by atoms with Crippen molar-refractivity contribution in [2.45, 2.75) is 95.5 Å². The number of urea groups is 1. The number of β-amino-alcohol motifs (C(OH)–C–C–N with tert-alkyl or cyclic N) is 1. The lowest BCUT2D eigenvalue weighted by atomic mass is 9.43. The highest BCUT2D eigenvalue weighted by Crippen LogP contribution is 2.65. The summed E-state index contributed by atoms with van der Waals surface area (Å²) in [6.45, 7) is 9.18. The standard InChI is InChI=1S/C33H49BN4O7/c1-32(2)23-18-26(32)33(3)27(19-23)44-34(45-33)28(11-7-10-22-8-5-4-6-9-22)36-30(41)25(20-29(40)37-14-16-43-17-15-37)35-31(42)38-13-12-24(39)21-38/h4-6,8-9,23-28,39H,7,10-21H2,1-3H3,(H,35,42)(H,36,41)/t23-,24+,25?,26-,27+,28?,33-/m0/s1. The smallest absolute Gasteiger partial charge is 0.404 e. The zero-order chi connectivity index (χ0) is 31.8. The largest absolute Gasteiger partial charge is 0.481 e. The zero-order valence-corrected chi connectivity index (χ0v) is 26.9. The summed E-state index contributed by atoms with van der Waals surface area (Å²) in [7, 11) is -0.630. The molecule has 6 aliphatic rings. The molecule has 7 atom stereocenters. The molecule has 0 aromatic heterocycles. The van der Waals surface area contributed by atoms with Crippen molar-refractivity contribution in [3.05, 3.63) is 35.9 Å². The van der Waals surface area contributed by atoms with Gasteiger partial charge in [-0.15, -0.1) is 0 Å². The summed E-state index contributed by atoms with van der Waals surface area (Å²) >= 11 is 0. The Balaban J connectivity index is 1.18. The fourth-order valence-corrected chi connectivity index (χ4v) is 8.29. The van der Waals surface area contributed by atoms with Crippen molar-refractivity contribution in [2.24, 2.45) is 17.3 Å². The number of hydrogen-bond donors (Lipinski definition) is 3. The molecule has 11 nitrogen and oxygen atoms in total. The first-order valence-electron chi connectivity index (χ1n) is 16.8. The van der Waals surface area contributed by atoms with Crippen LogP contribution < -0.4 is 10.6 Å². The molecule has 45 heavy (non-hydrogen) atoms. The number of nitrogens with one attached hydrogen (secondary N) is 2. The molecule has 1 aromatic carbocycles. The summed E-state index contributed by atoms with van der Waals surface area (Å²) in [5.41, 5.74) is 0.976. The maximum absolute atomic E-state index is 14.0. The fourth-order valence-electron chi connectivity index (χ4n) is 8.29. The van der Waals surface area contributed by atoms with Crippen molar-refractivity contribution < 1.29 is 33.5 Å².